The van der Waals surface area contributed by atoms with Gasteiger partial charge in [-0.25, -0.2) is 0 Å². The van der Waals surface area contributed by atoms with Gasteiger partial charge in [0.2, 0.25) is 0 Å². The van der Waals surface area contributed by atoms with Gasteiger partial charge in [0.15, 0.2) is 16.6 Å². The highest BCUT2D eigenvalue weighted by molar-refractivity contribution is 7.80. The highest BCUT2D eigenvalue weighted by atomic mass is 32.1. The highest BCUT2D eigenvalue weighted by Crippen LogP contribution is 2.32. The Morgan fingerprint density at radius 2 is 1.71 bits per heavy atom. The number of hydrogen-bond donors (Lipinski definition) is 2. The Morgan fingerprint density at radius 1 is 1.10 bits per heavy atom. The molecular formula is C16H24N2O2S. The number of thiocarbonyl (C=S) groups is 1. The number of rotatable bonds is 4. The average molecular weight is 308 g/mol. The molecule has 1 saturated carbocycles. The number of aryl methyl sites for hydroxylation is 1. The quantitative estimate of drug-likeness (QED) is 0.831. The number of nitrogens with one attached hydrogen (secondary N) is 2. The fourth-order valence-corrected chi connectivity index (χ4v) is 2.98. The third-order valence-electron chi connectivity index (χ3n) is 3.92. The zero-order valence-corrected chi connectivity index (χ0v) is 13.8. The molecule has 0 bridgehead atoms. The van der Waals surface area contributed by atoms with E-state index in [1.54, 1.807) is 14.2 Å². The van der Waals surface area contributed by atoms with Gasteiger partial charge in [-0.1, -0.05) is 19.3 Å². The summed E-state index contributed by atoms with van der Waals surface area (Å²) >= 11 is 5.42. The minimum absolute atomic E-state index is 0.499. The lowest BCUT2D eigenvalue weighted by molar-refractivity contribution is 0.355. The minimum Gasteiger partial charge on any atom is -0.493 e. The minimum atomic E-state index is 0.499. The first-order valence-electron chi connectivity index (χ1n) is 7.44. The van der Waals surface area contributed by atoms with Crippen LogP contribution in [-0.2, 0) is 0 Å². The van der Waals surface area contributed by atoms with E-state index in [4.69, 9.17) is 21.7 Å². The average Bonchev–Trinajstić information content (AvgIpc) is 2.49. The molecule has 1 aromatic carbocycles. The van der Waals surface area contributed by atoms with Crippen molar-refractivity contribution < 1.29 is 9.47 Å². The molecule has 2 rings (SSSR count). The number of anilines is 1. The van der Waals surface area contributed by atoms with Gasteiger partial charge in [0.1, 0.15) is 0 Å². The smallest absolute Gasteiger partial charge is 0.171 e. The van der Waals surface area contributed by atoms with E-state index in [-0.39, 0.29) is 0 Å². The second-order valence-electron chi connectivity index (χ2n) is 5.46. The highest BCUT2D eigenvalue weighted by Gasteiger charge is 2.15. The van der Waals surface area contributed by atoms with Crippen molar-refractivity contribution in [2.45, 2.75) is 45.1 Å². The first-order chi connectivity index (χ1) is 10.1. The molecule has 1 fully saturated rings. The maximum atomic E-state index is 5.42. The van der Waals surface area contributed by atoms with Crippen LogP contribution in [0.25, 0.3) is 0 Å². The van der Waals surface area contributed by atoms with Crippen LogP contribution in [0.2, 0.25) is 0 Å². The normalized spacial score (nSPS) is 15.4. The van der Waals surface area contributed by atoms with Crippen molar-refractivity contribution >= 4 is 23.0 Å². The molecule has 1 aliphatic rings. The van der Waals surface area contributed by atoms with E-state index in [9.17, 15) is 0 Å². The van der Waals surface area contributed by atoms with Crippen molar-refractivity contribution in [1.82, 2.24) is 5.32 Å². The predicted molar refractivity (Wildman–Crippen MR) is 90.5 cm³/mol. The summed E-state index contributed by atoms with van der Waals surface area (Å²) in [4.78, 5) is 0. The van der Waals surface area contributed by atoms with Crippen LogP contribution in [0.15, 0.2) is 12.1 Å². The van der Waals surface area contributed by atoms with Gasteiger partial charge in [-0.05, 0) is 43.6 Å². The van der Waals surface area contributed by atoms with Crippen LogP contribution in [0.3, 0.4) is 0 Å². The molecule has 116 valence electrons. The second kappa shape index (κ2) is 7.50. The molecule has 5 heteroatoms. The molecule has 2 N–H and O–H groups in total. The van der Waals surface area contributed by atoms with Crippen LogP contribution < -0.4 is 20.1 Å². The maximum absolute atomic E-state index is 5.42. The molecular weight excluding hydrogens is 284 g/mol. The molecule has 1 aromatic rings. The molecule has 0 aromatic heterocycles. The van der Waals surface area contributed by atoms with Crippen LogP contribution in [0.4, 0.5) is 5.69 Å². The Hall–Kier alpha value is -1.49. The summed E-state index contributed by atoms with van der Waals surface area (Å²) < 4.78 is 10.6. The van der Waals surface area contributed by atoms with Crippen molar-refractivity contribution in [2.24, 2.45) is 0 Å². The van der Waals surface area contributed by atoms with Crippen molar-refractivity contribution in [3.8, 4) is 11.5 Å². The lowest BCUT2D eigenvalue weighted by Gasteiger charge is -2.25. The van der Waals surface area contributed by atoms with Gasteiger partial charge in [-0.3, -0.25) is 0 Å². The zero-order chi connectivity index (χ0) is 15.2. The molecule has 0 saturated heterocycles. The molecule has 1 aliphatic carbocycles. The largest absolute Gasteiger partial charge is 0.493 e. The topological polar surface area (TPSA) is 42.5 Å². The van der Waals surface area contributed by atoms with Gasteiger partial charge >= 0.3 is 0 Å². The molecule has 0 atom stereocenters. The molecule has 21 heavy (non-hydrogen) atoms. The van der Waals surface area contributed by atoms with Crippen molar-refractivity contribution in [1.29, 1.82) is 0 Å². The summed E-state index contributed by atoms with van der Waals surface area (Å²) in [5.41, 5.74) is 2.02. The Morgan fingerprint density at radius 3 is 2.33 bits per heavy atom. The van der Waals surface area contributed by atoms with Crippen LogP contribution in [0.1, 0.15) is 37.7 Å². The lowest BCUT2D eigenvalue weighted by atomic mass is 9.96. The van der Waals surface area contributed by atoms with E-state index in [1.165, 1.54) is 32.1 Å². The van der Waals surface area contributed by atoms with Gasteiger partial charge in [-0.2, -0.15) is 0 Å². The second-order valence-corrected chi connectivity index (χ2v) is 5.86. The Labute approximate surface area is 132 Å². The summed E-state index contributed by atoms with van der Waals surface area (Å²) in [6.45, 7) is 2.02. The molecule has 0 spiro atoms. The van der Waals surface area contributed by atoms with Gasteiger partial charge < -0.3 is 20.1 Å². The summed E-state index contributed by atoms with van der Waals surface area (Å²) in [7, 11) is 3.27. The molecule has 0 amide bonds. The van der Waals surface area contributed by atoms with Crippen LogP contribution in [0, 0.1) is 6.92 Å². The Bertz CT molecular complexity index is 499. The van der Waals surface area contributed by atoms with Crippen LogP contribution >= 0.6 is 12.2 Å². The maximum Gasteiger partial charge on any atom is 0.171 e. The lowest BCUT2D eigenvalue weighted by Crippen LogP contribution is -2.38. The third kappa shape index (κ3) is 4.24. The van der Waals surface area contributed by atoms with E-state index >= 15 is 0 Å². The van der Waals surface area contributed by atoms with Crippen molar-refractivity contribution in [3.05, 3.63) is 17.7 Å². The van der Waals surface area contributed by atoms with Crippen molar-refractivity contribution in [3.63, 3.8) is 0 Å². The van der Waals surface area contributed by atoms with Crippen LogP contribution in [0.5, 0.6) is 11.5 Å². The van der Waals surface area contributed by atoms with Gasteiger partial charge in [0.05, 0.1) is 14.2 Å². The van der Waals surface area contributed by atoms with E-state index in [2.05, 4.69) is 10.6 Å². The zero-order valence-electron chi connectivity index (χ0n) is 13.0. The molecule has 0 aliphatic heterocycles. The molecule has 4 nitrogen and oxygen atoms in total. The van der Waals surface area contributed by atoms with Gasteiger partial charge in [0.25, 0.3) is 0 Å². The first-order valence-corrected chi connectivity index (χ1v) is 7.85. The van der Waals surface area contributed by atoms with E-state index in [0.29, 0.717) is 16.9 Å². The standard InChI is InChI=1S/C16H24N2O2S/c1-11-9-14(19-2)15(20-3)10-13(11)18-16(21)17-12-7-5-4-6-8-12/h9-10,12H,4-8H2,1-3H3,(H2,17,18,21). The summed E-state index contributed by atoms with van der Waals surface area (Å²) in [5, 5.41) is 7.36. The fourth-order valence-electron chi connectivity index (χ4n) is 2.71. The molecule has 0 unspecified atom stereocenters. The predicted octanol–water partition coefficient (Wildman–Crippen LogP) is 3.63. The van der Waals surface area contributed by atoms with E-state index in [1.807, 2.05) is 19.1 Å². The van der Waals surface area contributed by atoms with Crippen LogP contribution in [-0.4, -0.2) is 25.4 Å². The number of ether oxygens (including phenoxy) is 2. The third-order valence-corrected chi connectivity index (χ3v) is 4.14. The van der Waals surface area contributed by atoms with Gasteiger partial charge in [0, 0.05) is 17.8 Å². The van der Waals surface area contributed by atoms with Crippen molar-refractivity contribution in [2.75, 3.05) is 19.5 Å². The summed E-state index contributed by atoms with van der Waals surface area (Å²) in [5.74, 6) is 1.43. The number of methoxy groups -OCH3 is 2. The SMILES string of the molecule is COc1cc(C)c(NC(=S)NC2CCCCC2)cc1OC. The monoisotopic (exact) mass is 308 g/mol. The van der Waals surface area contributed by atoms with E-state index in [0.717, 1.165) is 17.0 Å². The van der Waals surface area contributed by atoms with Gasteiger partial charge in [-0.15, -0.1) is 0 Å². The number of benzene rings is 1. The number of hydrogen-bond acceptors (Lipinski definition) is 3. The first kappa shape index (κ1) is 15.9. The Kier molecular flexibility index (Phi) is 5.67. The summed E-state index contributed by atoms with van der Waals surface area (Å²) in [6.07, 6.45) is 6.32. The Balaban J connectivity index is 2.02. The fraction of sp³-hybridized carbons (Fsp3) is 0.562. The summed E-state index contributed by atoms with van der Waals surface area (Å²) in [6, 6.07) is 4.37. The van der Waals surface area contributed by atoms with E-state index < -0.39 is 0 Å². The molecule has 0 heterocycles. The molecule has 0 radical (unpaired) electrons.